The lowest BCUT2D eigenvalue weighted by Gasteiger charge is -2.38. The summed E-state index contributed by atoms with van der Waals surface area (Å²) in [6, 6.07) is 0.618. The second-order valence-corrected chi connectivity index (χ2v) is 10.3. The Kier molecular flexibility index (Phi) is 6.83. The SMILES string of the molecule is CCOC(=O)C[C@H]1CCc2sc3nc(Cl)nc(O[C@H]4CC[C@H](N5CCOCC5)CC4)c3c21. The summed E-state index contributed by atoms with van der Waals surface area (Å²) in [6.45, 7) is 5.98. The molecule has 174 valence electrons. The van der Waals surface area contributed by atoms with Gasteiger partial charge in [-0.05, 0) is 68.5 Å². The Labute approximate surface area is 197 Å². The molecule has 32 heavy (non-hydrogen) atoms. The number of halogens is 1. The Morgan fingerprint density at radius 3 is 2.72 bits per heavy atom. The fourth-order valence-electron chi connectivity index (χ4n) is 5.42. The third-order valence-electron chi connectivity index (χ3n) is 6.94. The van der Waals surface area contributed by atoms with Crippen molar-refractivity contribution < 1.29 is 19.0 Å². The van der Waals surface area contributed by atoms with E-state index in [9.17, 15) is 4.79 Å². The first-order chi connectivity index (χ1) is 15.6. The van der Waals surface area contributed by atoms with Crippen LogP contribution >= 0.6 is 22.9 Å². The van der Waals surface area contributed by atoms with Crippen molar-refractivity contribution in [3.8, 4) is 5.88 Å². The summed E-state index contributed by atoms with van der Waals surface area (Å²) in [7, 11) is 0. The largest absolute Gasteiger partial charge is 0.474 e. The molecule has 0 aromatic carbocycles. The molecule has 1 saturated heterocycles. The van der Waals surface area contributed by atoms with Crippen LogP contribution < -0.4 is 4.74 Å². The molecular weight excluding hydrogens is 450 g/mol. The van der Waals surface area contributed by atoms with Gasteiger partial charge in [-0.25, -0.2) is 4.98 Å². The number of carbonyl (C=O) groups is 1. The Hall–Kier alpha value is -1.48. The molecule has 2 aliphatic carbocycles. The highest BCUT2D eigenvalue weighted by atomic mass is 35.5. The van der Waals surface area contributed by atoms with Gasteiger partial charge < -0.3 is 14.2 Å². The van der Waals surface area contributed by atoms with Crippen molar-refractivity contribution in [2.45, 2.75) is 69.9 Å². The average Bonchev–Trinajstić information content (AvgIpc) is 3.34. The smallest absolute Gasteiger partial charge is 0.306 e. The molecule has 0 bridgehead atoms. The highest BCUT2D eigenvalue weighted by Crippen LogP contribution is 2.48. The second kappa shape index (κ2) is 9.79. The summed E-state index contributed by atoms with van der Waals surface area (Å²) < 4.78 is 17.2. The molecule has 1 aliphatic heterocycles. The van der Waals surface area contributed by atoms with Crippen molar-refractivity contribution >= 4 is 39.1 Å². The Morgan fingerprint density at radius 2 is 1.97 bits per heavy atom. The number of morpholine rings is 1. The number of esters is 1. The van der Waals surface area contributed by atoms with Gasteiger partial charge in [0.15, 0.2) is 0 Å². The summed E-state index contributed by atoms with van der Waals surface area (Å²) >= 11 is 7.92. The highest BCUT2D eigenvalue weighted by molar-refractivity contribution is 7.19. The second-order valence-electron chi connectivity index (χ2n) is 8.86. The van der Waals surface area contributed by atoms with Gasteiger partial charge in [0.1, 0.15) is 10.9 Å². The zero-order chi connectivity index (χ0) is 22.1. The molecule has 1 saturated carbocycles. The van der Waals surface area contributed by atoms with Gasteiger partial charge in [-0.15, -0.1) is 11.3 Å². The van der Waals surface area contributed by atoms with Crippen molar-refractivity contribution in [2.24, 2.45) is 0 Å². The predicted octanol–water partition coefficient (Wildman–Crippen LogP) is 4.35. The van der Waals surface area contributed by atoms with Crippen LogP contribution in [-0.2, 0) is 20.7 Å². The summed E-state index contributed by atoms with van der Waals surface area (Å²) in [5.74, 6) is 0.563. The van der Waals surface area contributed by atoms with Crippen LogP contribution in [-0.4, -0.2) is 65.9 Å². The molecule has 3 heterocycles. The minimum atomic E-state index is -0.150. The lowest BCUT2D eigenvalue weighted by Crippen LogP contribution is -2.46. The molecular formula is C23H30ClN3O4S. The number of nitrogens with zero attached hydrogens (tertiary/aromatic N) is 3. The monoisotopic (exact) mass is 479 g/mol. The predicted molar refractivity (Wildman–Crippen MR) is 124 cm³/mol. The van der Waals surface area contributed by atoms with E-state index in [2.05, 4.69) is 14.9 Å². The van der Waals surface area contributed by atoms with Crippen LogP contribution in [0.2, 0.25) is 5.28 Å². The normalized spacial score (nSPS) is 26.2. The molecule has 2 aromatic rings. The van der Waals surface area contributed by atoms with Crippen molar-refractivity contribution in [2.75, 3.05) is 32.9 Å². The van der Waals surface area contributed by atoms with Gasteiger partial charge in [0.2, 0.25) is 11.2 Å². The van der Waals surface area contributed by atoms with Gasteiger partial charge in [-0.1, -0.05) is 0 Å². The van der Waals surface area contributed by atoms with E-state index in [4.69, 9.17) is 25.8 Å². The number of hydrogen-bond donors (Lipinski definition) is 0. The topological polar surface area (TPSA) is 73.8 Å². The van der Waals surface area contributed by atoms with Gasteiger partial charge in [0.25, 0.3) is 0 Å². The van der Waals surface area contributed by atoms with Gasteiger partial charge in [0.05, 0.1) is 31.6 Å². The fourth-order valence-corrected chi connectivity index (χ4v) is 6.89. The number of rotatable bonds is 6. The lowest BCUT2D eigenvalue weighted by atomic mass is 9.91. The maximum atomic E-state index is 12.2. The summed E-state index contributed by atoms with van der Waals surface area (Å²) in [4.78, 5) is 25.8. The van der Waals surface area contributed by atoms with Gasteiger partial charge in [-0.3, -0.25) is 9.69 Å². The molecule has 2 aromatic heterocycles. The van der Waals surface area contributed by atoms with E-state index < -0.39 is 0 Å². The molecule has 1 atom stereocenters. The minimum absolute atomic E-state index is 0.127. The Balaban J connectivity index is 1.34. The molecule has 0 radical (unpaired) electrons. The van der Waals surface area contributed by atoms with Crippen LogP contribution in [0.5, 0.6) is 5.88 Å². The van der Waals surface area contributed by atoms with Crippen LogP contribution in [0.1, 0.15) is 61.8 Å². The quantitative estimate of drug-likeness (QED) is 0.450. The third kappa shape index (κ3) is 4.60. The standard InChI is InChI=1S/C23H30ClN3O4S/c1-2-30-18(28)13-14-3-8-17-19(14)20-21(25-23(24)26-22(20)32-17)31-16-6-4-15(5-7-16)27-9-11-29-12-10-27/h14-16H,2-13H2,1H3/t14-,15-,16-/m1/s1. The molecule has 3 aliphatic rings. The zero-order valence-corrected chi connectivity index (χ0v) is 20.1. The fraction of sp³-hybridized carbons (Fsp3) is 0.696. The van der Waals surface area contributed by atoms with E-state index in [0.29, 0.717) is 24.9 Å². The molecule has 9 heteroatoms. The van der Waals surface area contributed by atoms with Crippen LogP contribution in [0, 0.1) is 0 Å². The minimum Gasteiger partial charge on any atom is -0.474 e. The van der Waals surface area contributed by atoms with E-state index in [1.54, 1.807) is 11.3 Å². The number of thiophene rings is 1. The van der Waals surface area contributed by atoms with Gasteiger partial charge >= 0.3 is 5.97 Å². The van der Waals surface area contributed by atoms with E-state index in [-0.39, 0.29) is 23.3 Å². The van der Waals surface area contributed by atoms with Gasteiger partial charge in [0, 0.05) is 24.0 Å². The summed E-state index contributed by atoms with van der Waals surface area (Å²) in [5, 5.41) is 1.17. The van der Waals surface area contributed by atoms with Crippen LogP contribution in [0.4, 0.5) is 0 Å². The first kappa shape index (κ1) is 22.3. The third-order valence-corrected chi connectivity index (χ3v) is 8.26. The molecule has 0 unspecified atom stereocenters. The van der Waals surface area contributed by atoms with Crippen molar-refractivity contribution in [3.05, 3.63) is 15.7 Å². The molecule has 0 spiro atoms. The number of carbonyl (C=O) groups excluding carboxylic acids is 1. The maximum Gasteiger partial charge on any atom is 0.306 e. The lowest BCUT2D eigenvalue weighted by molar-refractivity contribution is -0.143. The van der Waals surface area contributed by atoms with Crippen molar-refractivity contribution in [3.63, 3.8) is 0 Å². The van der Waals surface area contributed by atoms with Crippen molar-refractivity contribution in [1.82, 2.24) is 14.9 Å². The van der Waals surface area contributed by atoms with Crippen LogP contribution in [0.15, 0.2) is 0 Å². The average molecular weight is 480 g/mol. The van der Waals surface area contributed by atoms with Crippen LogP contribution in [0.25, 0.3) is 10.2 Å². The molecule has 2 fully saturated rings. The molecule has 0 amide bonds. The maximum absolute atomic E-state index is 12.2. The first-order valence-corrected chi connectivity index (χ1v) is 12.9. The number of fused-ring (bicyclic) bond motifs is 3. The van der Waals surface area contributed by atoms with E-state index >= 15 is 0 Å². The Morgan fingerprint density at radius 1 is 1.19 bits per heavy atom. The molecule has 5 rings (SSSR count). The zero-order valence-electron chi connectivity index (χ0n) is 18.5. The van der Waals surface area contributed by atoms with Gasteiger partial charge in [-0.2, -0.15) is 4.98 Å². The number of aryl methyl sites for hydroxylation is 1. The summed E-state index contributed by atoms with van der Waals surface area (Å²) in [6.07, 6.45) is 6.67. The van der Waals surface area contributed by atoms with Crippen LogP contribution in [0.3, 0.4) is 0 Å². The number of hydrogen-bond acceptors (Lipinski definition) is 8. The number of aromatic nitrogens is 2. The first-order valence-electron chi connectivity index (χ1n) is 11.7. The van der Waals surface area contributed by atoms with E-state index in [1.807, 2.05) is 6.92 Å². The van der Waals surface area contributed by atoms with E-state index in [1.165, 1.54) is 10.4 Å². The molecule has 0 N–H and O–H groups in total. The van der Waals surface area contributed by atoms with Crippen molar-refractivity contribution in [1.29, 1.82) is 0 Å². The van der Waals surface area contributed by atoms with E-state index in [0.717, 1.165) is 75.0 Å². The summed E-state index contributed by atoms with van der Waals surface area (Å²) in [5.41, 5.74) is 1.17. The Bertz CT molecular complexity index is 970. The highest BCUT2D eigenvalue weighted by Gasteiger charge is 2.34. The number of ether oxygens (including phenoxy) is 3. The molecule has 7 nitrogen and oxygen atoms in total.